The smallest absolute Gasteiger partial charge is 0.246 e. The monoisotopic (exact) mass is 522 g/mol. The Labute approximate surface area is 221 Å². The van der Waals surface area contributed by atoms with Gasteiger partial charge in [0.05, 0.1) is 25.4 Å². The van der Waals surface area contributed by atoms with Crippen LogP contribution >= 0.6 is 0 Å². The molecule has 0 amide bonds. The van der Waals surface area contributed by atoms with Crippen molar-refractivity contribution in [2.75, 3.05) is 25.7 Å². The van der Waals surface area contributed by atoms with Crippen molar-refractivity contribution in [1.82, 2.24) is 4.31 Å². The SMILES string of the molecule is CCCCC1(CC)CN(c2ccccc2)c2cc(OC)c(C)cc2S(=O)(=O)N1Cc1ccc(OC)cc1. The van der Waals surface area contributed by atoms with Crippen LogP contribution in [0, 0.1) is 6.92 Å². The summed E-state index contributed by atoms with van der Waals surface area (Å²) in [5.74, 6) is 1.42. The molecular formula is C30H38N2O4S. The Kier molecular flexibility index (Phi) is 8.14. The van der Waals surface area contributed by atoms with Crippen LogP contribution in [0.5, 0.6) is 11.5 Å². The molecule has 7 heteroatoms. The van der Waals surface area contributed by atoms with Crippen molar-refractivity contribution in [1.29, 1.82) is 0 Å². The number of unbranched alkanes of at least 4 members (excludes halogenated alkanes) is 1. The van der Waals surface area contributed by atoms with Gasteiger partial charge >= 0.3 is 0 Å². The molecule has 0 bridgehead atoms. The van der Waals surface area contributed by atoms with Crippen LogP contribution in [-0.4, -0.2) is 39.0 Å². The van der Waals surface area contributed by atoms with Crippen molar-refractivity contribution in [2.24, 2.45) is 0 Å². The summed E-state index contributed by atoms with van der Waals surface area (Å²) in [7, 11) is -0.610. The van der Waals surface area contributed by atoms with Crippen LogP contribution < -0.4 is 14.4 Å². The van der Waals surface area contributed by atoms with Crippen molar-refractivity contribution in [3.8, 4) is 11.5 Å². The van der Waals surface area contributed by atoms with E-state index in [-0.39, 0.29) is 6.54 Å². The average Bonchev–Trinajstić information content (AvgIpc) is 3.00. The number of sulfonamides is 1. The summed E-state index contributed by atoms with van der Waals surface area (Å²) in [4.78, 5) is 2.48. The Bertz CT molecular complexity index is 1310. The quantitative estimate of drug-likeness (QED) is 0.313. The average molecular weight is 523 g/mol. The Morgan fingerprint density at radius 3 is 2.24 bits per heavy atom. The van der Waals surface area contributed by atoms with Crippen molar-refractivity contribution < 1.29 is 17.9 Å². The van der Waals surface area contributed by atoms with Gasteiger partial charge in [-0.2, -0.15) is 4.31 Å². The first kappa shape index (κ1) is 27.0. The van der Waals surface area contributed by atoms with Crippen LogP contribution in [0.15, 0.2) is 71.6 Å². The number of methoxy groups -OCH3 is 2. The van der Waals surface area contributed by atoms with Crippen LogP contribution in [0.4, 0.5) is 11.4 Å². The van der Waals surface area contributed by atoms with Crippen molar-refractivity contribution >= 4 is 21.4 Å². The Morgan fingerprint density at radius 1 is 0.946 bits per heavy atom. The molecule has 6 nitrogen and oxygen atoms in total. The molecule has 1 aliphatic rings. The zero-order valence-electron chi connectivity index (χ0n) is 22.5. The lowest BCUT2D eigenvalue weighted by Gasteiger charge is -2.43. The van der Waals surface area contributed by atoms with Gasteiger partial charge in [0.25, 0.3) is 0 Å². The first-order valence-corrected chi connectivity index (χ1v) is 14.4. The molecule has 0 N–H and O–H groups in total. The van der Waals surface area contributed by atoms with E-state index in [9.17, 15) is 8.42 Å². The topological polar surface area (TPSA) is 59.1 Å². The van der Waals surface area contributed by atoms with Crippen molar-refractivity contribution in [3.05, 3.63) is 77.9 Å². The van der Waals surface area contributed by atoms with Gasteiger partial charge in [-0.1, -0.05) is 57.0 Å². The first-order valence-electron chi connectivity index (χ1n) is 13.0. The Balaban J connectivity index is 1.97. The summed E-state index contributed by atoms with van der Waals surface area (Å²) >= 11 is 0. The highest BCUT2D eigenvalue weighted by molar-refractivity contribution is 7.89. The number of hydrogen-bond acceptors (Lipinski definition) is 5. The summed E-state index contributed by atoms with van der Waals surface area (Å²) < 4.78 is 42.0. The maximum atomic E-state index is 14.7. The number of anilines is 2. The lowest BCUT2D eigenvalue weighted by molar-refractivity contribution is 0.163. The van der Waals surface area contributed by atoms with Crippen LogP contribution in [0.1, 0.15) is 50.7 Å². The van der Waals surface area contributed by atoms with E-state index in [2.05, 4.69) is 18.7 Å². The van der Waals surface area contributed by atoms with E-state index in [0.29, 0.717) is 29.3 Å². The number of nitrogens with zero attached hydrogens (tertiary/aromatic N) is 2. The molecule has 3 aromatic carbocycles. The zero-order chi connectivity index (χ0) is 26.6. The highest BCUT2D eigenvalue weighted by atomic mass is 32.2. The number of para-hydroxylation sites is 1. The van der Waals surface area contributed by atoms with Crippen LogP contribution in [0.2, 0.25) is 0 Å². The maximum Gasteiger partial charge on any atom is 0.246 e. The molecule has 37 heavy (non-hydrogen) atoms. The van der Waals surface area contributed by atoms with Gasteiger partial charge in [0.2, 0.25) is 10.0 Å². The highest BCUT2D eigenvalue weighted by Gasteiger charge is 2.48. The number of hydrogen-bond donors (Lipinski definition) is 0. The summed E-state index contributed by atoms with van der Waals surface area (Å²) in [5, 5.41) is 0. The predicted octanol–water partition coefficient (Wildman–Crippen LogP) is 6.69. The van der Waals surface area contributed by atoms with E-state index < -0.39 is 15.6 Å². The van der Waals surface area contributed by atoms with E-state index in [1.165, 1.54) is 0 Å². The second-order valence-electron chi connectivity index (χ2n) is 9.75. The minimum Gasteiger partial charge on any atom is -0.497 e. The van der Waals surface area contributed by atoms with Crippen LogP contribution in [0.25, 0.3) is 0 Å². The van der Waals surface area contributed by atoms with Crippen LogP contribution in [-0.2, 0) is 16.6 Å². The Morgan fingerprint density at radius 2 is 1.65 bits per heavy atom. The van der Waals surface area contributed by atoms with E-state index in [1.807, 2.05) is 67.6 Å². The van der Waals surface area contributed by atoms with Gasteiger partial charge in [-0.05, 0) is 61.2 Å². The summed E-state index contributed by atoms with van der Waals surface area (Å²) in [6.07, 6.45) is 3.38. The fourth-order valence-electron chi connectivity index (χ4n) is 5.28. The largest absolute Gasteiger partial charge is 0.497 e. The van der Waals surface area contributed by atoms with Crippen LogP contribution in [0.3, 0.4) is 0 Å². The number of ether oxygens (including phenoxy) is 2. The summed E-state index contributed by atoms with van der Waals surface area (Å²) in [6.45, 7) is 6.99. The second kappa shape index (κ2) is 11.2. The van der Waals surface area contributed by atoms with E-state index >= 15 is 0 Å². The third-order valence-corrected chi connectivity index (χ3v) is 9.50. The number of fused-ring (bicyclic) bond motifs is 1. The zero-order valence-corrected chi connectivity index (χ0v) is 23.3. The standard InChI is InChI=1S/C30H38N2O4S/c1-6-8-18-30(7-2)22-31(25-12-10-9-11-13-25)27-20-28(36-5)23(3)19-29(27)37(33,34)32(30)21-24-14-16-26(35-4)17-15-24/h9-17,19-20H,6-8,18,21-22H2,1-5H3. The lowest BCUT2D eigenvalue weighted by Crippen LogP contribution is -2.54. The van der Waals surface area contributed by atoms with Gasteiger partial charge in [0, 0.05) is 24.8 Å². The fraction of sp³-hybridized carbons (Fsp3) is 0.400. The lowest BCUT2D eigenvalue weighted by atomic mass is 9.88. The molecule has 0 radical (unpaired) electrons. The molecule has 1 heterocycles. The van der Waals surface area contributed by atoms with E-state index in [4.69, 9.17) is 9.47 Å². The van der Waals surface area contributed by atoms with E-state index in [0.717, 1.165) is 41.8 Å². The Hall–Kier alpha value is -3.03. The van der Waals surface area contributed by atoms with Gasteiger partial charge in [-0.25, -0.2) is 8.42 Å². The molecule has 1 unspecified atom stereocenters. The molecular weight excluding hydrogens is 484 g/mol. The first-order chi connectivity index (χ1) is 17.8. The molecule has 1 aliphatic heterocycles. The number of rotatable bonds is 9. The van der Waals surface area contributed by atoms with Gasteiger partial charge in [-0.15, -0.1) is 0 Å². The third kappa shape index (κ3) is 5.20. The normalized spacial score (nSPS) is 19.2. The maximum absolute atomic E-state index is 14.7. The minimum absolute atomic E-state index is 0.289. The third-order valence-electron chi connectivity index (χ3n) is 7.52. The van der Waals surface area contributed by atoms with Crippen molar-refractivity contribution in [2.45, 2.75) is 63.4 Å². The molecule has 3 aromatic rings. The second-order valence-corrected chi connectivity index (χ2v) is 11.6. The minimum atomic E-state index is -3.87. The molecule has 0 saturated carbocycles. The molecule has 0 aromatic heterocycles. The molecule has 0 spiro atoms. The highest BCUT2D eigenvalue weighted by Crippen LogP contribution is 2.46. The van der Waals surface area contributed by atoms with Crippen molar-refractivity contribution in [3.63, 3.8) is 0 Å². The molecule has 0 fully saturated rings. The molecule has 1 atom stereocenters. The molecule has 4 rings (SSSR count). The van der Waals surface area contributed by atoms with E-state index in [1.54, 1.807) is 24.6 Å². The number of benzene rings is 3. The molecule has 198 valence electrons. The summed E-state index contributed by atoms with van der Waals surface area (Å²) in [5.41, 5.74) is 2.73. The van der Waals surface area contributed by atoms with Gasteiger partial charge in [0.1, 0.15) is 16.4 Å². The predicted molar refractivity (Wildman–Crippen MR) is 149 cm³/mol. The molecule has 0 saturated heterocycles. The van der Waals surface area contributed by atoms with Gasteiger partial charge in [0.15, 0.2) is 0 Å². The summed E-state index contributed by atoms with van der Waals surface area (Å²) in [6, 6.07) is 21.4. The fourth-order valence-corrected chi connectivity index (χ4v) is 7.39. The molecule has 0 aliphatic carbocycles. The van der Waals surface area contributed by atoms with Gasteiger partial charge < -0.3 is 14.4 Å². The number of aryl methyl sites for hydroxylation is 1. The van der Waals surface area contributed by atoms with Gasteiger partial charge in [-0.3, -0.25) is 0 Å².